The molecular weight excluding hydrogens is 370 g/mol. The Hall–Kier alpha value is -2.14. The Balaban J connectivity index is 1.43. The van der Waals surface area contributed by atoms with Gasteiger partial charge in [-0.1, -0.05) is 12.8 Å². The van der Waals surface area contributed by atoms with E-state index in [1.165, 1.54) is 0 Å². The average Bonchev–Trinajstić information content (AvgIpc) is 3.40. The summed E-state index contributed by atoms with van der Waals surface area (Å²) in [4.78, 5) is 40.0. The molecule has 0 radical (unpaired) electrons. The van der Waals surface area contributed by atoms with Gasteiger partial charge in [0.25, 0.3) is 0 Å². The Morgan fingerprint density at radius 2 is 2.03 bits per heavy atom. The molecule has 29 heavy (non-hydrogen) atoms. The van der Waals surface area contributed by atoms with Crippen molar-refractivity contribution in [3.63, 3.8) is 0 Å². The summed E-state index contributed by atoms with van der Waals surface area (Å²) in [6.45, 7) is 2.05. The van der Waals surface area contributed by atoms with E-state index in [-0.39, 0.29) is 23.6 Å². The number of rotatable bonds is 7. The summed E-state index contributed by atoms with van der Waals surface area (Å²) in [5.41, 5.74) is -0.503. The number of hydrogen-bond donors (Lipinski definition) is 3. The minimum absolute atomic E-state index is 0.0432. The van der Waals surface area contributed by atoms with Crippen molar-refractivity contribution in [1.82, 2.24) is 20.9 Å². The molecule has 4 aliphatic rings. The van der Waals surface area contributed by atoms with Gasteiger partial charge < -0.3 is 20.9 Å². The van der Waals surface area contributed by atoms with Crippen LogP contribution in [-0.2, 0) is 14.4 Å². The molecule has 3 heterocycles. The second-order valence-electron chi connectivity index (χ2n) is 9.11. The van der Waals surface area contributed by atoms with E-state index in [0.29, 0.717) is 38.3 Å². The van der Waals surface area contributed by atoms with Crippen LogP contribution in [-0.4, -0.2) is 59.9 Å². The quantitative estimate of drug-likeness (QED) is 0.573. The van der Waals surface area contributed by atoms with Gasteiger partial charge in [-0.2, -0.15) is 5.26 Å². The Labute approximate surface area is 171 Å². The van der Waals surface area contributed by atoms with Crippen molar-refractivity contribution in [3.8, 4) is 6.07 Å². The molecule has 0 aromatic rings. The van der Waals surface area contributed by atoms with Crippen molar-refractivity contribution in [1.29, 1.82) is 5.26 Å². The van der Waals surface area contributed by atoms with Gasteiger partial charge in [0.15, 0.2) is 0 Å². The number of nitriles is 1. The van der Waals surface area contributed by atoms with E-state index in [1.807, 2.05) is 0 Å². The highest BCUT2D eigenvalue weighted by atomic mass is 16.2. The maximum absolute atomic E-state index is 13.3. The third-order valence-corrected chi connectivity index (χ3v) is 7.03. The molecule has 1 aliphatic carbocycles. The van der Waals surface area contributed by atoms with Gasteiger partial charge in [0.05, 0.1) is 11.6 Å². The molecule has 8 heteroatoms. The lowest BCUT2D eigenvalue weighted by Crippen LogP contribution is -2.57. The lowest BCUT2D eigenvalue weighted by Gasteiger charge is -2.35. The molecule has 1 saturated carbocycles. The van der Waals surface area contributed by atoms with Gasteiger partial charge in [-0.25, -0.2) is 0 Å². The maximum Gasteiger partial charge on any atom is 0.243 e. The largest absolute Gasteiger partial charge is 0.356 e. The van der Waals surface area contributed by atoms with Crippen LogP contribution >= 0.6 is 0 Å². The summed E-state index contributed by atoms with van der Waals surface area (Å²) in [5, 5.41) is 18.6. The van der Waals surface area contributed by atoms with Gasteiger partial charge in [-0.15, -0.1) is 0 Å². The highest BCUT2D eigenvalue weighted by Gasteiger charge is 2.50. The second kappa shape index (κ2) is 8.31. The normalized spacial score (nSPS) is 31.4. The number of likely N-dealkylation sites (tertiary alicyclic amines) is 1. The van der Waals surface area contributed by atoms with E-state index < -0.39 is 17.6 Å². The monoisotopic (exact) mass is 401 g/mol. The SMILES string of the molecule is N#C[C@H](C[C@@H]1CCNC1=O)NC(=O)[C@@H](CC1CC1)N1CCC2(CCCCN2)C1=O. The zero-order valence-corrected chi connectivity index (χ0v) is 16.9. The Bertz CT molecular complexity index is 708. The molecule has 4 rings (SSSR count). The Morgan fingerprint density at radius 3 is 2.66 bits per heavy atom. The topological polar surface area (TPSA) is 114 Å². The highest BCUT2D eigenvalue weighted by Crippen LogP contribution is 2.38. The molecule has 0 bridgehead atoms. The molecule has 1 unspecified atom stereocenters. The lowest BCUT2D eigenvalue weighted by atomic mass is 9.87. The summed E-state index contributed by atoms with van der Waals surface area (Å²) < 4.78 is 0. The fourth-order valence-electron chi connectivity index (χ4n) is 5.07. The molecule has 8 nitrogen and oxygen atoms in total. The maximum atomic E-state index is 13.3. The number of nitrogens with zero attached hydrogens (tertiary/aromatic N) is 2. The van der Waals surface area contributed by atoms with Gasteiger partial charge in [-0.05, 0) is 57.4 Å². The summed E-state index contributed by atoms with van der Waals surface area (Å²) >= 11 is 0. The predicted octanol–water partition coefficient (Wildman–Crippen LogP) is 0.434. The van der Waals surface area contributed by atoms with Gasteiger partial charge >= 0.3 is 0 Å². The minimum atomic E-state index is -0.711. The average molecular weight is 402 g/mol. The molecule has 3 N–H and O–H groups in total. The van der Waals surface area contributed by atoms with Crippen LogP contribution in [0.25, 0.3) is 0 Å². The van der Waals surface area contributed by atoms with Crippen molar-refractivity contribution in [2.24, 2.45) is 11.8 Å². The first-order valence-corrected chi connectivity index (χ1v) is 11.1. The van der Waals surface area contributed by atoms with Gasteiger partial charge in [0, 0.05) is 19.0 Å². The summed E-state index contributed by atoms with van der Waals surface area (Å²) in [5.74, 6) is -0.000623. The number of carbonyl (C=O) groups is 3. The second-order valence-corrected chi connectivity index (χ2v) is 9.11. The van der Waals surface area contributed by atoms with Crippen molar-refractivity contribution in [2.75, 3.05) is 19.6 Å². The van der Waals surface area contributed by atoms with Crippen LogP contribution in [0.5, 0.6) is 0 Å². The first-order valence-electron chi connectivity index (χ1n) is 11.1. The van der Waals surface area contributed by atoms with E-state index in [1.54, 1.807) is 4.90 Å². The van der Waals surface area contributed by atoms with Crippen molar-refractivity contribution in [3.05, 3.63) is 0 Å². The molecule has 158 valence electrons. The van der Waals surface area contributed by atoms with E-state index in [9.17, 15) is 19.6 Å². The fourth-order valence-corrected chi connectivity index (χ4v) is 5.07. The molecule has 1 spiro atoms. The van der Waals surface area contributed by atoms with E-state index in [2.05, 4.69) is 22.0 Å². The van der Waals surface area contributed by atoms with Gasteiger partial charge in [0.1, 0.15) is 12.1 Å². The highest BCUT2D eigenvalue weighted by molar-refractivity contribution is 5.94. The zero-order chi connectivity index (χ0) is 20.4. The first kappa shape index (κ1) is 20.1. The van der Waals surface area contributed by atoms with Crippen LogP contribution in [0.15, 0.2) is 0 Å². The Morgan fingerprint density at radius 1 is 1.21 bits per heavy atom. The van der Waals surface area contributed by atoms with Crippen LogP contribution in [0, 0.1) is 23.2 Å². The molecular formula is C21H31N5O3. The third kappa shape index (κ3) is 4.25. The number of piperidine rings is 1. The third-order valence-electron chi connectivity index (χ3n) is 7.03. The van der Waals surface area contributed by atoms with Crippen LogP contribution in [0.4, 0.5) is 0 Å². The van der Waals surface area contributed by atoms with E-state index in [0.717, 1.165) is 45.1 Å². The van der Waals surface area contributed by atoms with Crippen molar-refractivity contribution < 1.29 is 14.4 Å². The van der Waals surface area contributed by atoms with Crippen LogP contribution in [0.3, 0.4) is 0 Å². The molecule has 0 aromatic carbocycles. The fraction of sp³-hybridized carbons (Fsp3) is 0.810. The molecule has 3 saturated heterocycles. The summed E-state index contributed by atoms with van der Waals surface area (Å²) in [7, 11) is 0. The summed E-state index contributed by atoms with van der Waals surface area (Å²) in [6.07, 6.45) is 7.56. The van der Waals surface area contributed by atoms with E-state index in [4.69, 9.17) is 0 Å². The molecule has 0 aromatic heterocycles. The first-order chi connectivity index (χ1) is 14.0. The van der Waals surface area contributed by atoms with Gasteiger partial charge in [0.2, 0.25) is 17.7 Å². The standard InChI is InChI=1S/C21H31N5O3/c22-13-16(12-15-5-9-23-18(15)27)25-19(28)17(11-14-3-4-14)26-10-7-21(20(26)29)6-1-2-8-24-21/h14-17,24H,1-12H2,(H,23,27)(H,25,28)/t15-,16-,17+,21?/m0/s1. The molecule has 4 fully saturated rings. The number of carbonyl (C=O) groups excluding carboxylic acids is 3. The molecule has 3 aliphatic heterocycles. The van der Waals surface area contributed by atoms with Crippen LogP contribution < -0.4 is 16.0 Å². The lowest BCUT2D eigenvalue weighted by molar-refractivity contribution is -0.142. The van der Waals surface area contributed by atoms with Crippen molar-refractivity contribution in [2.45, 2.75) is 75.4 Å². The molecule has 4 atom stereocenters. The van der Waals surface area contributed by atoms with Crippen LogP contribution in [0.1, 0.15) is 57.8 Å². The number of amides is 3. The number of hydrogen-bond acceptors (Lipinski definition) is 5. The molecule has 3 amide bonds. The van der Waals surface area contributed by atoms with Crippen molar-refractivity contribution >= 4 is 17.7 Å². The summed E-state index contributed by atoms with van der Waals surface area (Å²) in [6, 6.07) is 0.903. The van der Waals surface area contributed by atoms with Gasteiger partial charge in [-0.3, -0.25) is 14.4 Å². The predicted molar refractivity (Wildman–Crippen MR) is 105 cm³/mol. The van der Waals surface area contributed by atoms with E-state index >= 15 is 0 Å². The van der Waals surface area contributed by atoms with Crippen LogP contribution in [0.2, 0.25) is 0 Å². The number of nitrogens with one attached hydrogen (secondary N) is 3. The Kier molecular flexibility index (Phi) is 5.77. The smallest absolute Gasteiger partial charge is 0.243 e. The minimum Gasteiger partial charge on any atom is -0.356 e. The zero-order valence-electron chi connectivity index (χ0n) is 16.9.